The van der Waals surface area contributed by atoms with Crippen LogP contribution < -0.4 is 0 Å². The van der Waals surface area contributed by atoms with Gasteiger partial charge in [-0.15, -0.1) is 0 Å². The summed E-state index contributed by atoms with van der Waals surface area (Å²) in [4.78, 5) is 25.1. The molecule has 21 heavy (non-hydrogen) atoms. The molecule has 1 aromatic carbocycles. The van der Waals surface area contributed by atoms with E-state index in [1.165, 1.54) is 18.2 Å². The number of benzene rings is 1. The van der Waals surface area contributed by atoms with Gasteiger partial charge in [-0.25, -0.2) is 4.39 Å². The summed E-state index contributed by atoms with van der Waals surface area (Å²) in [6.07, 6.45) is 4.91. The van der Waals surface area contributed by atoms with Crippen LogP contribution >= 0.6 is 0 Å². The number of hydrogen-bond acceptors (Lipinski definition) is 2. The van der Waals surface area contributed by atoms with Gasteiger partial charge in [0.15, 0.2) is 0 Å². The quantitative estimate of drug-likeness (QED) is 0.869. The van der Waals surface area contributed by atoms with Crippen molar-refractivity contribution in [1.82, 2.24) is 4.90 Å². The van der Waals surface area contributed by atoms with Crippen LogP contribution in [0.25, 0.3) is 6.08 Å². The van der Waals surface area contributed by atoms with Gasteiger partial charge in [-0.05, 0) is 31.4 Å². The zero-order chi connectivity index (χ0) is 15.0. The molecule has 4 nitrogen and oxygen atoms in total. The Morgan fingerprint density at radius 2 is 2.05 bits per heavy atom. The summed E-state index contributed by atoms with van der Waals surface area (Å²) in [5, 5.41) is 9.17. The van der Waals surface area contributed by atoms with Crippen molar-refractivity contribution in [2.45, 2.75) is 31.3 Å². The number of carbonyl (C=O) groups excluding carboxylic acids is 1. The molecule has 2 fully saturated rings. The first-order valence-electron chi connectivity index (χ1n) is 7.05. The summed E-state index contributed by atoms with van der Waals surface area (Å²) in [6.45, 7) is 0. The van der Waals surface area contributed by atoms with E-state index in [0.717, 1.165) is 12.8 Å². The summed E-state index contributed by atoms with van der Waals surface area (Å²) >= 11 is 0. The largest absolute Gasteiger partial charge is 0.481 e. The van der Waals surface area contributed by atoms with Crippen molar-refractivity contribution in [3.8, 4) is 0 Å². The van der Waals surface area contributed by atoms with Gasteiger partial charge in [0.2, 0.25) is 5.91 Å². The highest BCUT2D eigenvalue weighted by molar-refractivity contribution is 5.93. The number of fused-ring (bicyclic) bond motifs is 2. The van der Waals surface area contributed by atoms with E-state index in [-0.39, 0.29) is 23.8 Å². The Labute approximate surface area is 121 Å². The first-order chi connectivity index (χ1) is 10.1. The maximum Gasteiger partial charge on any atom is 0.308 e. The molecule has 5 heteroatoms. The van der Waals surface area contributed by atoms with Gasteiger partial charge in [-0.1, -0.05) is 18.2 Å². The molecule has 2 heterocycles. The van der Waals surface area contributed by atoms with Crippen molar-refractivity contribution in [1.29, 1.82) is 0 Å². The van der Waals surface area contributed by atoms with Crippen LogP contribution in [0.5, 0.6) is 0 Å². The number of rotatable bonds is 3. The summed E-state index contributed by atoms with van der Waals surface area (Å²) in [5.74, 6) is -1.91. The maximum absolute atomic E-state index is 13.5. The van der Waals surface area contributed by atoms with Gasteiger partial charge in [0.05, 0.1) is 5.92 Å². The molecule has 110 valence electrons. The van der Waals surface area contributed by atoms with Crippen molar-refractivity contribution in [3.05, 3.63) is 41.7 Å². The van der Waals surface area contributed by atoms with Crippen LogP contribution in [0, 0.1) is 11.7 Å². The molecular weight excluding hydrogens is 273 g/mol. The second-order valence-corrected chi connectivity index (χ2v) is 5.58. The Kier molecular flexibility index (Phi) is 3.49. The van der Waals surface area contributed by atoms with E-state index in [9.17, 15) is 19.1 Å². The Hall–Kier alpha value is -2.17. The van der Waals surface area contributed by atoms with Gasteiger partial charge in [-0.2, -0.15) is 0 Å². The number of carbonyl (C=O) groups is 2. The maximum atomic E-state index is 13.5. The second-order valence-electron chi connectivity index (χ2n) is 5.58. The Morgan fingerprint density at radius 1 is 1.29 bits per heavy atom. The molecule has 1 aromatic rings. The van der Waals surface area contributed by atoms with E-state index in [4.69, 9.17) is 0 Å². The zero-order valence-electron chi connectivity index (χ0n) is 11.4. The van der Waals surface area contributed by atoms with Crippen LogP contribution in [0.1, 0.15) is 24.8 Å². The van der Waals surface area contributed by atoms with Crippen LogP contribution in [0.4, 0.5) is 4.39 Å². The predicted molar refractivity (Wildman–Crippen MR) is 74.8 cm³/mol. The highest BCUT2D eigenvalue weighted by atomic mass is 19.1. The minimum Gasteiger partial charge on any atom is -0.481 e. The van der Waals surface area contributed by atoms with Crippen LogP contribution in [-0.4, -0.2) is 34.0 Å². The standard InChI is InChI=1S/C16H16FNO3/c17-13-4-2-1-3-10(13)5-8-15(19)18-11-6-7-14(18)12(9-11)16(20)21/h1-5,8,11-12,14H,6-7,9H2,(H,20,21). The molecule has 2 bridgehead atoms. The molecule has 0 spiro atoms. The second kappa shape index (κ2) is 5.31. The predicted octanol–water partition coefficient (Wildman–Crippen LogP) is 2.30. The van der Waals surface area contributed by atoms with E-state index in [0.29, 0.717) is 12.0 Å². The third kappa shape index (κ3) is 2.44. The number of carboxylic acid groups (broad SMARTS) is 1. The highest BCUT2D eigenvalue weighted by Gasteiger charge is 2.50. The number of carboxylic acids is 1. The SMILES string of the molecule is O=C(O)C1CC2CCC1N2C(=O)C=Cc1ccccc1F. The third-order valence-corrected chi connectivity index (χ3v) is 4.42. The third-order valence-electron chi connectivity index (χ3n) is 4.42. The summed E-state index contributed by atoms with van der Waals surface area (Å²) < 4.78 is 13.5. The van der Waals surface area contributed by atoms with Crippen LogP contribution in [0.15, 0.2) is 30.3 Å². The van der Waals surface area contributed by atoms with Gasteiger partial charge in [0.1, 0.15) is 5.82 Å². The summed E-state index contributed by atoms with van der Waals surface area (Å²) in [7, 11) is 0. The van der Waals surface area contributed by atoms with Crippen molar-refractivity contribution >= 4 is 18.0 Å². The fourth-order valence-electron chi connectivity index (χ4n) is 3.45. The van der Waals surface area contributed by atoms with E-state index in [1.807, 2.05) is 0 Å². The Morgan fingerprint density at radius 3 is 2.71 bits per heavy atom. The molecular formula is C16H16FNO3. The summed E-state index contributed by atoms with van der Waals surface area (Å²) in [6, 6.07) is 6.01. The number of amides is 1. The summed E-state index contributed by atoms with van der Waals surface area (Å²) in [5.41, 5.74) is 0.354. The normalized spacial score (nSPS) is 27.5. The molecule has 0 saturated carbocycles. The van der Waals surface area contributed by atoms with Gasteiger partial charge >= 0.3 is 5.97 Å². The molecule has 0 aliphatic carbocycles. The lowest BCUT2D eigenvalue weighted by atomic mass is 9.89. The molecule has 0 radical (unpaired) electrons. The lowest BCUT2D eigenvalue weighted by Crippen LogP contribution is -2.36. The molecule has 3 unspecified atom stereocenters. The fraction of sp³-hybridized carbons (Fsp3) is 0.375. The average molecular weight is 289 g/mol. The Bertz CT molecular complexity index is 613. The lowest BCUT2D eigenvalue weighted by molar-refractivity contribution is -0.143. The molecule has 2 aliphatic rings. The van der Waals surface area contributed by atoms with Crippen molar-refractivity contribution in [2.24, 2.45) is 5.92 Å². The first-order valence-corrected chi connectivity index (χ1v) is 7.05. The first kappa shape index (κ1) is 13.8. The van der Waals surface area contributed by atoms with Crippen LogP contribution in [0.2, 0.25) is 0 Å². The number of halogens is 1. The van der Waals surface area contributed by atoms with Crippen molar-refractivity contribution < 1.29 is 19.1 Å². The average Bonchev–Trinajstić information content (AvgIpc) is 3.04. The van der Waals surface area contributed by atoms with E-state index < -0.39 is 11.9 Å². The highest BCUT2D eigenvalue weighted by Crippen LogP contribution is 2.41. The number of aliphatic carboxylic acids is 1. The molecule has 1 amide bonds. The topological polar surface area (TPSA) is 57.6 Å². The molecule has 2 saturated heterocycles. The van der Waals surface area contributed by atoms with Gasteiger partial charge in [-0.3, -0.25) is 9.59 Å². The van der Waals surface area contributed by atoms with Gasteiger partial charge < -0.3 is 10.0 Å². The smallest absolute Gasteiger partial charge is 0.308 e. The Balaban J connectivity index is 1.75. The fourth-order valence-corrected chi connectivity index (χ4v) is 3.45. The number of hydrogen-bond donors (Lipinski definition) is 1. The monoisotopic (exact) mass is 289 g/mol. The van der Waals surface area contributed by atoms with Crippen molar-refractivity contribution in [2.75, 3.05) is 0 Å². The van der Waals surface area contributed by atoms with Gasteiger partial charge in [0, 0.05) is 23.7 Å². The van der Waals surface area contributed by atoms with Gasteiger partial charge in [0.25, 0.3) is 0 Å². The minimum atomic E-state index is -0.835. The lowest BCUT2D eigenvalue weighted by Gasteiger charge is -2.21. The molecule has 0 aromatic heterocycles. The van der Waals surface area contributed by atoms with Crippen LogP contribution in [0.3, 0.4) is 0 Å². The molecule has 3 rings (SSSR count). The minimum absolute atomic E-state index is 0.00821. The molecule has 1 N–H and O–H groups in total. The molecule has 2 aliphatic heterocycles. The van der Waals surface area contributed by atoms with E-state index in [2.05, 4.69) is 0 Å². The number of nitrogens with zero attached hydrogens (tertiary/aromatic N) is 1. The van der Waals surface area contributed by atoms with E-state index >= 15 is 0 Å². The zero-order valence-corrected chi connectivity index (χ0v) is 11.4. The van der Waals surface area contributed by atoms with Crippen molar-refractivity contribution in [3.63, 3.8) is 0 Å². The van der Waals surface area contributed by atoms with Crippen LogP contribution in [-0.2, 0) is 9.59 Å². The van der Waals surface area contributed by atoms with E-state index in [1.54, 1.807) is 23.1 Å². The molecule has 3 atom stereocenters.